The smallest absolute Gasteiger partial charge is 0.383 e. The molecule has 2 unspecified atom stereocenters. The number of carbonyl (C=O) groups is 1. The van der Waals surface area contributed by atoms with Crippen LogP contribution in [-0.4, -0.2) is 41.8 Å². The molecular weight excluding hydrogens is 297 g/mol. The van der Waals surface area contributed by atoms with Crippen LogP contribution in [0.1, 0.15) is 41.0 Å². The van der Waals surface area contributed by atoms with Crippen LogP contribution in [0.15, 0.2) is 0 Å². The van der Waals surface area contributed by atoms with Gasteiger partial charge in [-0.2, -0.15) is 0 Å². The topological polar surface area (TPSA) is 105 Å². The van der Waals surface area contributed by atoms with Crippen molar-refractivity contribution in [1.29, 1.82) is 0 Å². The fourth-order valence-electron chi connectivity index (χ4n) is 1.46. The van der Waals surface area contributed by atoms with Crippen molar-refractivity contribution in [3.05, 3.63) is 0 Å². The second-order valence-corrected chi connectivity index (χ2v) is 7.48. The number of aliphatic hydroxyl groups is 1. The molecule has 0 rings (SSSR count). The van der Waals surface area contributed by atoms with E-state index in [0.717, 1.165) is 6.42 Å². The van der Waals surface area contributed by atoms with E-state index in [2.05, 4.69) is 9.84 Å². The highest BCUT2D eigenvalue weighted by Gasteiger charge is 2.36. The summed E-state index contributed by atoms with van der Waals surface area (Å²) in [7, 11) is -4.14. The molecule has 0 saturated carbocycles. The van der Waals surface area contributed by atoms with Gasteiger partial charge in [-0.1, -0.05) is 27.7 Å². The molecule has 0 aliphatic rings. The first-order chi connectivity index (χ1) is 9.52. The Morgan fingerprint density at radius 2 is 1.90 bits per heavy atom. The minimum absolute atomic E-state index is 0.0342. The van der Waals surface area contributed by atoms with Crippen molar-refractivity contribution in [3.63, 3.8) is 0 Å². The Bertz CT molecular complexity index is 372. The number of phosphoric acid groups is 1. The SMILES string of the molecule is CCOP(=O)(O)OCC(C)(C)C(O)C(=O)NCCC(C)C. The van der Waals surface area contributed by atoms with Crippen molar-refractivity contribution < 1.29 is 28.4 Å². The van der Waals surface area contributed by atoms with Gasteiger partial charge in [0, 0.05) is 12.0 Å². The zero-order chi connectivity index (χ0) is 16.7. The van der Waals surface area contributed by atoms with Crippen LogP contribution in [0.4, 0.5) is 0 Å². The van der Waals surface area contributed by atoms with E-state index >= 15 is 0 Å². The van der Waals surface area contributed by atoms with Gasteiger partial charge in [0.1, 0.15) is 6.10 Å². The van der Waals surface area contributed by atoms with Crippen molar-refractivity contribution in [3.8, 4) is 0 Å². The van der Waals surface area contributed by atoms with E-state index in [-0.39, 0.29) is 13.2 Å². The Hall–Kier alpha value is -0.460. The lowest BCUT2D eigenvalue weighted by molar-refractivity contribution is -0.137. The van der Waals surface area contributed by atoms with Crippen molar-refractivity contribution in [2.24, 2.45) is 11.3 Å². The number of nitrogens with one attached hydrogen (secondary N) is 1. The van der Waals surface area contributed by atoms with Crippen LogP contribution in [-0.2, 0) is 18.4 Å². The molecular formula is C13H28NO6P. The third kappa shape index (κ3) is 8.53. The number of hydrogen-bond donors (Lipinski definition) is 3. The number of phosphoric ester groups is 1. The molecule has 0 aromatic heterocycles. The lowest BCUT2D eigenvalue weighted by Gasteiger charge is -2.29. The predicted octanol–water partition coefficient (Wildman–Crippen LogP) is 1.69. The first-order valence-electron chi connectivity index (χ1n) is 7.09. The maximum atomic E-state index is 11.8. The lowest BCUT2D eigenvalue weighted by atomic mass is 9.87. The fraction of sp³-hybridized carbons (Fsp3) is 0.923. The standard InChI is InChI=1S/C13H28NO6P/c1-6-19-21(17,18)20-9-13(4,5)11(15)12(16)14-8-7-10(2)3/h10-11,15H,6-9H2,1-5H3,(H,14,16)(H,17,18). The second-order valence-electron chi connectivity index (χ2n) is 6.02. The zero-order valence-corrected chi connectivity index (χ0v) is 14.4. The summed E-state index contributed by atoms with van der Waals surface area (Å²) < 4.78 is 20.8. The van der Waals surface area contributed by atoms with Crippen LogP contribution in [0.2, 0.25) is 0 Å². The highest BCUT2D eigenvalue weighted by Crippen LogP contribution is 2.44. The summed E-state index contributed by atoms with van der Waals surface area (Å²) >= 11 is 0. The Morgan fingerprint density at radius 1 is 1.33 bits per heavy atom. The van der Waals surface area contributed by atoms with Gasteiger partial charge in [0.25, 0.3) is 0 Å². The normalized spacial score (nSPS) is 16.6. The average Bonchev–Trinajstić information content (AvgIpc) is 2.35. The summed E-state index contributed by atoms with van der Waals surface area (Å²) in [5.41, 5.74) is -1.02. The molecule has 0 aliphatic heterocycles. The molecule has 1 amide bonds. The Balaban J connectivity index is 4.40. The number of rotatable bonds is 10. The maximum Gasteiger partial charge on any atom is 0.472 e. The molecule has 7 nitrogen and oxygen atoms in total. The van der Waals surface area contributed by atoms with Gasteiger partial charge in [0.05, 0.1) is 13.2 Å². The summed E-state index contributed by atoms with van der Waals surface area (Å²) in [6, 6.07) is 0. The van der Waals surface area contributed by atoms with E-state index in [1.54, 1.807) is 20.8 Å². The highest BCUT2D eigenvalue weighted by atomic mass is 31.2. The van der Waals surface area contributed by atoms with Gasteiger partial charge in [0.15, 0.2) is 0 Å². The van der Waals surface area contributed by atoms with Crippen molar-refractivity contribution in [2.45, 2.75) is 47.1 Å². The highest BCUT2D eigenvalue weighted by molar-refractivity contribution is 7.47. The molecule has 0 spiro atoms. The van der Waals surface area contributed by atoms with Crippen LogP contribution in [0.25, 0.3) is 0 Å². The van der Waals surface area contributed by atoms with E-state index in [1.165, 1.54) is 0 Å². The molecule has 0 radical (unpaired) electrons. The van der Waals surface area contributed by atoms with E-state index in [0.29, 0.717) is 12.5 Å². The van der Waals surface area contributed by atoms with Crippen LogP contribution >= 0.6 is 7.82 Å². The second kappa shape index (κ2) is 8.86. The maximum absolute atomic E-state index is 11.8. The first kappa shape index (κ1) is 20.5. The molecule has 8 heteroatoms. The van der Waals surface area contributed by atoms with E-state index in [4.69, 9.17) is 4.52 Å². The fourth-order valence-corrected chi connectivity index (χ4v) is 2.36. The Kier molecular flexibility index (Phi) is 8.66. The molecule has 3 N–H and O–H groups in total. The summed E-state index contributed by atoms with van der Waals surface area (Å²) in [5.74, 6) is -0.0707. The minimum Gasteiger partial charge on any atom is -0.383 e. The van der Waals surface area contributed by atoms with Crippen molar-refractivity contribution in [2.75, 3.05) is 19.8 Å². The molecule has 0 bridgehead atoms. The summed E-state index contributed by atoms with van der Waals surface area (Å²) in [5, 5.41) is 12.7. The number of carbonyl (C=O) groups excluding carboxylic acids is 1. The molecule has 0 aromatic rings. The minimum atomic E-state index is -4.14. The van der Waals surface area contributed by atoms with E-state index < -0.39 is 25.2 Å². The summed E-state index contributed by atoms with van der Waals surface area (Å²) in [4.78, 5) is 21.2. The average molecular weight is 325 g/mol. The number of aliphatic hydroxyl groups excluding tert-OH is 1. The predicted molar refractivity (Wildman–Crippen MR) is 79.7 cm³/mol. The number of hydrogen-bond acceptors (Lipinski definition) is 5. The molecule has 0 aromatic carbocycles. The third-order valence-corrected chi connectivity index (χ3v) is 3.94. The van der Waals surface area contributed by atoms with Gasteiger partial charge < -0.3 is 15.3 Å². The molecule has 21 heavy (non-hydrogen) atoms. The van der Waals surface area contributed by atoms with Crippen molar-refractivity contribution in [1.82, 2.24) is 5.32 Å². The van der Waals surface area contributed by atoms with Gasteiger partial charge in [-0.3, -0.25) is 13.8 Å². The van der Waals surface area contributed by atoms with Gasteiger partial charge >= 0.3 is 7.82 Å². The van der Waals surface area contributed by atoms with Gasteiger partial charge in [-0.15, -0.1) is 0 Å². The molecule has 0 fully saturated rings. The molecule has 0 aliphatic carbocycles. The summed E-state index contributed by atoms with van der Waals surface area (Å²) in [6.45, 7) is 9.01. The van der Waals surface area contributed by atoms with Crippen molar-refractivity contribution >= 4 is 13.7 Å². The van der Waals surface area contributed by atoms with Crippen LogP contribution < -0.4 is 5.32 Å². The monoisotopic (exact) mass is 325 g/mol. The zero-order valence-electron chi connectivity index (χ0n) is 13.5. The third-order valence-electron chi connectivity index (χ3n) is 2.90. The van der Waals surface area contributed by atoms with E-state index in [1.807, 2.05) is 13.8 Å². The van der Waals surface area contributed by atoms with Crippen LogP contribution in [0.3, 0.4) is 0 Å². The quantitative estimate of drug-likeness (QED) is 0.528. The Morgan fingerprint density at radius 3 is 2.38 bits per heavy atom. The molecule has 126 valence electrons. The Labute approximate surface area is 126 Å². The summed E-state index contributed by atoms with van der Waals surface area (Å²) in [6.07, 6.45) is -0.530. The van der Waals surface area contributed by atoms with E-state index in [9.17, 15) is 19.4 Å². The number of amides is 1. The lowest BCUT2D eigenvalue weighted by Crippen LogP contribution is -2.46. The molecule has 0 heterocycles. The largest absolute Gasteiger partial charge is 0.472 e. The van der Waals surface area contributed by atoms with Gasteiger partial charge in [-0.25, -0.2) is 4.57 Å². The van der Waals surface area contributed by atoms with Gasteiger partial charge in [0.2, 0.25) is 5.91 Å². The van der Waals surface area contributed by atoms with Gasteiger partial charge in [-0.05, 0) is 19.3 Å². The molecule has 2 atom stereocenters. The van der Waals surface area contributed by atoms with Crippen LogP contribution in [0.5, 0.6) is 0 Å². The van der Waals surface area contributed by atoms with Crippen LogP contribution in [0, 0.1) is 11.3 Å². The molecule has 0 saturated heterocycles. The first-order valence-corrected chi connectivity index (χ1v) is 8.59.